The first kappa shape index (κ1) is 36.7. The summed E-state index contributed by atoms with van der Waals surface area (Å²) in [6, 6.07) is 28.5. The van der Waals surface area contributed by atoms with Gasteiger partial charge in [-0.15, -0.1) is 5.06 Å². The summed E-state index contributed by atoms with van der Waals surface area (Å²) in [4.78, 5) is 54.1. The van der Waals surface area contributed by atoms with Gasteiger partial charge in [0.15, 0.2) is 0 Å². The lowest BCUT2D eigenvalue weighted by atomic mass is 9.98. The van der Waals surface area contributed by atoms with Crippen LogP contribution in [0.5, 0.6) is 0 Å². The molecule has 2 aliphatic rings. The van der Waals surface area contributed by atoms with Crippen LogP contribution in [0, 0.1) is 0 Å². The van der Waals surface area contributed by atoms with Gasteiger partial charge in [-0.2, -0.15) is 18.2 Å². The molecule has 0 saturated carbocycles. The summed E-state index contributed by atoms with van der Waals surface area (Å²) in [7, 11) is 1.42. The summed E-state index contributed by atoms with van der Waals surface area (Å²) in [6.45, 7) is 0.907. The molecule has 3 amide bonds. The van der Waals surface area contributed by atoms with Gasteiger partial charge in [0.1, 0.15) is 18.0 Å². The number of halogens is 3. The van der Waals surface area contributed by atoms with E-state index in [0.717, 1.165) is 40.2 Å². The molecule has 3 N–H and O–H groups in total. The number of carbonyl (C=O) groups excluding carboxylic acids is 3. The van der Waals surface area contributed by atoms with E-state index in [-0.39, 0.29) is 36.3 Å². The van der Waals surface area contributed by atoms with E-state index in [0.29, 0.717) is 30.5 Å². The number of anilines is 4. The maximum absolute atomic E-state index is 14.0. The van der Waals surface area contributed by atoms with Gasteiger partial charge in [-0.1, -0.05) is 72.8 Å². The highest BCUT2D eigenvalue weighted by Crippen LogP contribution is 2.44. The van der Waals surface area contributed by atoms with Gasteiger partial charge < -0.3 is 30.4 Å². The third-order valence-electron chi connectivity index (χ3n) is 9.37. The van der Waals surface area contributed by atoms with Crippen molar-refractivity contribution in [1.29, 1.82) is 0 Å². The van der Waals surface area contributed by atoms with E-state index in [1.807, 2.05) is 48.5 Å². The molecule has 1 aliphatic carbocycles. The Morgan fingerprint density at radius 2 is 1.49 bits per heavy atom. The van der Waals surface area contributed by atoms with Crippen LogP contribution in [0.3, 0.4) is 0 Å². The summed E-state index contributed by atoms with van der Waals surface area (Å²) in [5, 5.41) is 8.89. The maximum atomic E-state index is 14.0. The number of benzene rings is 4. The lowest BCUT2D eigenvalue weighted by Crippen LogP contribution is -2.39. The van der Waals surface area contributed by atoms with Gasteiger partial charge in [-0.25, -0.2) is 14.6 Å². The fourth-order valence-electron chi connectivity index (χ4n) is 6.64. The number of hydrogen-bond donors (Lipinski definition) is 3. The van der Waals surface area contributed by atoms with Gasteiger partial charge in [0.25, 0.3) is 5.91 Å². The van der Waals surface area contributed by atoms with Crippen molar-refractivity contribution in [3.8, 4) is 11.1 Å². The molecule has 7 rings (SSSR count). The molecule has 1 aromatic heterocycles. The molecule has 55 heavy (non-hydrogen) atoms. The highest BCUT2D eigenvalue weighted by Gasteiger charge is 2.36. The zero-order chi connectivity index (χ0) is 38.5. The first-order chi connectivity index (χ1) is 26.6. The molecule has 1 saturated heterocycles. The van der Waals surface area contributed by atoms with Gasteiger partial charge in [0.2, 0.25) is 5.95 Å². The van der Waals surface area contributed by atoms with E-state index in [1.165, 1.54) is 24.1 Å². The number of amides is 3. The van der Waals surface area contributed by atoms with E-state index in [4.69, 9.17) is 9.57 Å². The first-order valence-corrected chi connectivity index (χ1v) is 17.6. The number of nitrogens with zero attached hydrogens (tertiary/aromatic N) is 4. The molecule has 0 atom stereocenters. The van der Waals surface area contributed by atoms with Gasteiger partial charge >= 0.3 is 18.4 Å². The SMILES string of the molecule is CNC(=O)c1ccccc1Nc1nc(Nc2ccc(CN(OC(=O)N3CCCC3)C(=O)OCC3c4ccccc4-c4ccccc43)cc2)ncc1C(F)(F)F. The molecular weight excluding hydrogens is 715 g/mol. The van der Waals surface area contributed by atoms with Crippen LogP contribution in [-0.2, 0) is 22.3 Å². The van der Waals surface area contributed by atoms with Crippen molar-refractivity contribution < 1.29 is 37.1 Å². The molecule has 0 spiro atoms. The Balaban J connectivity index is 1.07. The van der Waals surface area contributed by atoms with Crippen molar-refractivity contribution in [3.05, 3.63) is 131 Å². The molecule has 0 bridgehead atoms. The zero-order valence-corrected chi connectivity index (χ0v) is 29.6. The summed E-state index contributed by atoms with van der Waals surface area (Å²) >= 11 is 0. The normalized spacial score (nSPS) is 13.4. The zero-order valence-electron chi connectivity index (χ0n) is 29.6. The number of fused-ring (bicyclic) bond motifs is 3. The monoisotopic (exact) mass is 751 g/mol. The van der Waals surface area contributed by atoms with E-state index in [9.17, 15) is 27.6 Å². The second kappa shape index (κ2) is 15.8. The fraction of sp³-hybridized carbons (Fsp3) is 0.225. The standard InChI is InChI=1S/C40H36F3N7O5/c1-44-36(51)31-14-6-7-15-34(31)47-35-33(40(41,42)43)22-45-37(48-35)46-26-18-16-25(17-19-26)23-50(55-38(52)49-20-8-9-21-49)39(53)54-24-32-29-12-4-2-10-27(29)28-11-3-5-13-30(28)32/h2-7,10-19,22,32H,8-9,20-21,23-24H2,1H3,(H,44,51)(H2,45,46,47,48). The minimum atomic E-state index is -4.79. The lowest BCUT2D eigenvalue weighted by Gasteiger charge is -2.24. The first-order valence-electron chi connectivity index (χ1n) is 17.6. The average molecular weight is 752 g/mol. The van der Waals surface area contributed by atoms with Gasteiger partial charge in [0, 0.05) is 37.9 Å². The van der Waals surface area contributed by atoms with Crippen LogP contribution in [0.25, 0.3) is 11.1 Å². The molecule has 282 valence electrons. The minimum absolute atomic E-state index is 0.0227. The lowest BCUT2D eigenvalue weighted by molar-refractivity contribution is -0.137. The van der Waals surface area contributed by atoms with E-state index in [1.54, 1.807) is 36.4 Å². The number of alkyl halides is 3. The Bertz CT molecular complexity index is 2170. The Kier molecular flexibility index (Phi) is 10.5. The summed E-state index contributed by atoms with van der Waals surface area (Å²) < 4.78 is 47.7. The Labute approximate surface area is 314 Å². The van der Waals surface area contributed by atoms with Crippen LogP contribution >= 0.6 is 0 Å². The van der Waals surface area contributed by atoms with Gasteiger partial charge in [0.05, 0.1) is 17.8 Å². The molecule has 4 aromatic carbocycles. The number of rotatable bonds is 9. The molecule has 5 aromatic rings. The van der Waals surface area contributed by atoms with E-state index in [2.05, 4.69) is 25.9 Å². The van der Waals surface area contributed by atoms with Crippen LogP contribution in [0.1, 0.15) is 51.4 Å². The quantitative estimate of drug-likeness (QED) is 0.127. The minimum Gasteiger partial charge on any atom is -0.446 e. The van der Waals surface area contributed by atoms with E-state index < -0.39 is 35.7 Å². The number of hydrogen-bond acceptors (Lipinski definition) is 9. The molecule has 0 unspecified atom stereocenters. The molecule has 0 radical (unpaired) electrons. The van der Waals surface area contributed by atoms with E-state index >= 15 is 0 Å². The Morgan fingerprint density at radius 1 is 0.855 bits per heavy atom. The second-order valence-corrected chi connectivity index (χ2v) is 12.9. The summed E-state index contributed by atoms with van der Waals surface area (Å²) in [5.41, 5.74) is 4.32. The topological polar surface area (TPSA) is 138 Å². The maximum Gasteiger partial charge on any atom is 0.443 e. The Morgan fingerprint density at radius 3 is 2.15 bits per heavy atom. The number of aromatic nitrogens is 2. The number of para-hydroxylation sites is 1. The molecule has 2 heterocycles. The number of carbonyl (C=O) groups is 3. The number of nitrogens with one attached hydrogen (secondary N) is 3. The van der Waals surface area contributed by atoms with Crippen molar-refractivity contribution in [3.63, 3.8) is 0 Å². The van der Waals surface area contributed by atoms with Crippen molar-refractivity contribution in [2.75, 3.05) is 37.4 Å². The van der Waals surface area contributed by atoms with Crippen LogP contribution in [-0.4, -0.2) is 64.8 Å². The number of hydroxylamine groups is 2. The second-order valence-electron chi connectivity index (χ2n) is 12.9. The Hall–Kier alpha value is -6.64. The summed E-state index contributed by atoms with van der Waals surface area (Å²) in [5.74, 6) is -1.41. The smallest absolute Gasteiger partial charge is 0.443 e. The number of likely N-dealkylation sites (tertiary alicyclic amines) is 1. The molecule has 1 fully saturated rings. The molecular formula is C40H36F3N7O5. The molecule has 15 heteroatoms. The fourth-order valence-corrected chi connectivity index (χ4v) is 6.64. The predicted octanol–water partition coefficient (Wildman–Crippen LogP) is 8.24. The van der Waals surface area contributed by atoms with Crippen molar-refractivity contribution in [2.24, 2.45) is 0 Å². The average Bonchev–Trinajstić information content (AvgIpc) is 3.84. The molecule has 12 nitrogen and oxygen atoms in total. The highest BCUT2D eigenvalue weighted by molar-refractivity contribution is 6.00. The van der Waals surface area contributed by atoms with Gasteiger partial charge in [-0.05, 0) is 64.9 Å². The van der Waals surface area contributed by atoms with Crippen molar-refractivity contribution in [1.82, 2.24) is 25.2 Å². The third kappa shape index (κ3) is 8.15. The van der Waals surface area contributed by atoms with Crippen LogP contribution in [0.15, 0.2) is 103 Å². The van der Waals surface area contributed by atoms with Gasteiger partial charge in [-0.3, -0.25) is 4.79 Å². The van der Waals surface area contributed by atoms with Crippen molar-refractivity contribution >= 4 is 41.2 Å². The van der Waals surface area contributed by atoms with Crippen LogP contribution in [0.2, 0.25) is 0 Å². The van der Waals surface area contributed by atoms with Crippen LogP contribution in [0.4, 0.5) is 45.9 Å². The largest absolute Gasteiger partial charge is 0.446 e. The number of ether oxygens (including phenoxy) is 1. The highest BCUT2D eigenvalue weighted by atomic mass is 19.4. The van der Waals surface area contributed by atoms with Crippen LogP contribution < -0.4 is 16.0 Å². The predicted molar refractivity (Wildman–Crippen MR) is 198 cm³/mol. The third-order valence-corrected chi connectivity index (χ3v) is 9.37. The van der Waals surface area contributed by atoms with Crippen molar-refractivity contribution in [2.45, 2.75) is 31.5 Å². The summed E-state index contributed by atoms with van der Waals surface area (Å²) in [6.07, 6.45) is -3.98. The molecule has 1 aliphatic heterocycles.